The lowest BCUT2D eigenvalue weighted by molar-refractivity contribution is 0.477. The van der Waals surface area contributed by atoms with Crippen molar-refractivity contribution in [3.63, 3.8) is 0 Å². The molecule has 1 fully saturated rings. The first kappa shape index (κ1) is 16.7. The third kappa shape index (κ3) is 5.72. The summed E-state index contributed by atoms with van der Waals surface area (Å²) in [7, 11) is -2.23. The molecule has 4 heteroatoms. The maximum Gasteiger partial charge on any atom is 0.173 e. The largest absolute Gasteiger partial charge is 0.571 e. The molecular formula is C14H28O2S2. The molecule has 0 aliphatic heterocycles. The average molecular weight is 293 g/mol. The van der Waals surface area contributed by atoms with Gasteiger partial charge in [0, 0.05) is 5.92 Å². The summed E-state index contributed by atoms with van der Waals surface area (Å²) in [4.78, 5) is 0. The summed E-state index contributed by atoms with van der Waals surface area (Å²) in [5.74, 6) is 1.15. The molecule has 0 aromatic heterocycles. The third-order valence-electron chi connectivity index (χ3n) is 3.92. The number of rotatable bonds is 8. The lowest BCUT2D eigenvalue weighted by Crippen LogP contribution is -2.33. The molecule has 0 bridgehead atoms. The molecule has 0 N–H and O–H groups in total. The molecule has 1 rings (SSSR count). The molecular weight excluding hydrogens is 264 g/mol. The van der Waals surface area contributed by atoms with E-state index in [9.17, 15) is 9.11 Å². The topological polar surface area (TPSA) is 46.1 Å². The Hall–Kier alpha value is 0.620. The van der Waals surface area contributed by atoms with Crippen LogP contribution in [0.5, 0.6) is 0 Å². The summed E-state index contributed by atoms with van der Waals surface area (Å²) in [5.41, 5.74) is 0. The lowest BCUT2D eigenvalue weighted by Gasteiger charge is -2.25. The Balaban J connectivity index is 2.34. The van der Waals surface area contributed by atoms with E-state index in [0.29, 0.717) is 11.7 Å². The zero-order chi connectivity index (χ0) is 13.4. The molecule has 1 aliphatic carbocycles. The van der Waals surface area contributed by atoms with Gasteiger partial charge in [-0.2, -0.15) is 0 Å². The quantitative estimate of drug-likeness (QED) is 0.502. The van der Waals surface area contributed by atoms with Gasteiger partial charge in [0.05, 0.1) is 0 Å². The summed E-state index contributed by atoms with van der Waals surface area (Å²) in [6.07, 6.45) is 10.2. The van der Waals surface area contributed by atoms with Crippen LogP contribution in [0, 0.1) is 5.92 Å². The maximum absolute atomic E-state index is 12.2. The van der Waals surface area contributed by atoms with Crippen LogP contribution in [0.25, 0.3) is 0 Å². The SMILES string of the molecule is CCCCC(CC)C[S+]([O-])[S+]([O-])C1CCCCC1. The Morgan fingerprint density at radius 3 is 2.33 bits per heavy atom. The van der Waals surface area contributed by atoms with Gasteiger partial charge in [0.2, 0.25) is 0 Å². The second-order valence-corrected chi connectivity index (χ2v) is 9.64. The van der Waals surface area contributed by atoms with Gasteiger partial charge in [0.1, 0.15) is 0 Å². The Kier molecular flexibility index (Phi) is 8.81. The predicted octanol–water partition coefficient (Wildman–Crippen LogP) is 3.95. The molecule has 1 saturated carbocycles. The highest BCUT2D eigenvalue weighted by Crippen LogP contribution is 2.29. The molecule has 0 saturated heterocycles. The molecule has 1 aliphatic rings. The molecule has 0 heterocycles. The highest BCUT2D eigenvalue weighted by molar-refractivity contribution is 8.67. The van der Waals surface area contributed by atoms with Gasteiger partial charge in [-0.3, -0.25) is 0 Å². The van der Waals surface area contributed by atoms with E-state index in [1.54, 1.807) is 0 Å². The Bertz CT molecular complexity index is 208. The number of hydrogen-bond donors (Lipinski definition) is 0. The van der Waals surface area contributed by atoms with Crippen molar-refractivity contribution >= 4 is 20.4 Å². The molecule has 18 heavy (non-hydrogen) atoms. The van der Waals surface area contributed by atoms with Crippen molar-refractivity contribution in [3.8, 4) is 0 Å². The van der Waals surface area contributed by atoms with E-state index in [4.69, 9.17) is 0 Å². The molecule has 3 unspecified atom stereocenters. The standard InChI is InChI=1S/C14H28O2S2/c1-3-5-9-13(4-2)12-17(15)18(16)14-10-7-6-8-11-14/h13-14H,3-12H2,1-2H3. The Labute approximate surface area is 118 Å². The van der Waals surface area contributed by atoms with Crippen molar-refractivity contribution in [3.05, 3.63) is 0 Å². The molecule has 0 amide bonds. The van der Waals surface area contributed by atoms with Crippen molar-refractivity contribution in [2.45, 2.75) is 76.9 Å². The van der Waals surface area contributed by atoms with E-state index >= 15 is 0 Å². The first-order valence-electron chi connectivity index (χ1n) is 7.48. The minimum Gasteiger partial charge on any atom is -0.571 e. The summed E-state index contributed by atoms with van der Waals surface area (Å²) < 4.78 is 24.4. The van der Waals surface area contributed by atoms with E-state index in [1.807, 2.05) is 0 Å². The van der Waals surface area contributed by atoms with E-state index in [2.05, 4.69) is 13.8 Å². The Morgan fingerprint density at radius 2 is 1.78 bits per heavy atom. The van der Waals surface area contributed by atoms with Crippen LogP contribution >= 0.6 is 0 Å². The van der Waals surface area contributed by atoms with Gasteiger partial charge in [-0.15, -0.1) is 0 Å². The zero-order valence-electron chi connectivity index (χ0n) is 11.9. The van der Waals surface area contributed by atoms with Gasteiger partial charge in [-0.25, -0.2) is 0 Å². The monoisotopic (exact) mass is 292 g/mol. The van der Waals surface area contributed by atoms with Crippen LogP contribution in [0.2, 0.25) is 0 Å². The first-order valence-corrected chi connectivity index (χ1v) is 10.5. The fraction of sp³-hybridized carbons (Fsp3) is 1.00. The van der Waals surface area contributed by atoms with Gasteiger partial charge in [0.25, 0.3) is 0 Å². The third-order valence-corrected chi connectivity index (χ3v) is 8.37. The van der Waals surface area contributed by atoms with E-state index in [-0.39, 0.29) is 5.25 Å². The highest BCUT2D eigenvalue weighted by atomic mass is 33.2. The average Bonchev–Trinajstić information content (AvgIpc) is 2.43. The summed E-state index contributed by atoms with van der Waals surface area (Å²) >= 11 is 0. The van der Waals surface area contributed by atoms with Gasteiger partial charge in [-0.1, -0.05) is 33.1 Å². The molecule has 0 spiro atoms. The smallest absolute Gasteiger partial charge is 0.173 e. The molecule has 0 radical (unpaired) electrons. The fourth-order valence-electron chi connectivity index (χ4n) is 2.57. The van der Waals surface area contributed by atoms with Crippen LogP contribution in [0.3, 0.4) is 0 Å². The fourth-order valence-corrected chi connectivity index (χ4v) is 6.98. The zero-order valence-corrected chi connectivity index (χ0v) is 13.5. The van der Waals surface area contributed by atoms with Crippen LogP contribution < -0.4 is 0 Å². The van der Waals surface area contributed by atoms with E-state index in [1.165, 1.54) is 32.1 Å². The van der Waals surface area contributed by atoms with Crippen molar-refractivity contribution in [1.82, 2.24) is 0 Å². The van der Waals surface area contributed by atoms with Crippen LogP contribution in [0.4, 0.5) is 0 Å². The first-order chi connectivity index (χ1) is 8.69. The van der Waals surface area contributed by atoms with Crippen molar-refractivity contribution in [2.75, 3.05) is 5.75 Å². The lowest BCUT2D eigenvalue weighted by atomic mass is 10.0. The second kappa shape index (κ2) is 9.51. The van der Waals surface area contributed by atoms with Gasteiger partial charge in [0.15, 0.2) is 31.4 Å². The predicted molar refractivity (Wildman–Crippen MR) is 81.3 cm³/mol. The molecule has 0 aromatic rings. The number of unbranched alkanes of at least 4 members (excludes halogenated alkanes) is 1. The van der Waals surface area contributed by atoms with Crippen LogP contribution in [0.15, 0.2) is 0 Å². The maximum atomic E-state index is 12.2. The summed E-state index contributed by atoms with van der Waals surface area (Å²) in [6, 6.07) is 0. The molecule has 3 atom stereocenters. The second-order valence-electron chi connectivity index (χ2n) is 5.41. The summed E-state index contributed by atoms with van der Waals surface area (Å²) in [5, 5.41) is 0.211. The van der Waals surface area contributed by atoms with Crippen LogP contribution in [-0.4, -0.2) is 20.1 Å². The van der Waals surface area contributed by atoms with Crippen molar-refractivity contribution in [2.24, 2.45) is 5.92 Å². The highest BCUT2D eigenvalue weighted by Gasteiger charge is 2.37. The Morgan fingerprint density at radius 1 is 1.11 bits per heavy atom. The van der Waals surface area contributed by atoms with E-state index < -0.39 is 20.4 Å². The summed E-state index contributed by atoms with van der Waals surface area (Å²) in [6.45, 7) is 4.34. The van der Waals surface area contributed by atoms with Crippen molar-refractivity contribution < 1.29 is 9.11 Å². The normalized spacial score (nSPS) is 22.7. The van der Waals surface area contributed by atoms with Crippen molar-refractivity contribution in [1.29, 1.82) is 0 Å². The van der Waals surface area contributed by atoms with E-state index in [0.717, 1.165) is 25.7 Å². The van der Waals surface area contributed by atoms with Gasteiger partial charge in [-0.05, 0) is 38.5 Å². The van der Waals surface area contributed by atoms with Gasteiger partial charge < -0.3 is 9.11 Å². The minimum absolute atomic E-state index is 0.211. The van der Waals surface area contributed by atoms with Gasteiger partial charge >= 0.3 is 0 Å². The minimum atomic E-state index is -1.12. The molecule has 2 nitrogen and oxygen atoms in total. The van der Waals surface area contributed by atoms with Crippen LogP contribution in [-0.2, 0) is 20.4 Å². The number of hydrogen-bond acceptors (Lipinski definition) is 2. The molecule has 108 valence electrons. The molecule has 0 aromatic carbocycles. The van der Waals surface area contributed by atoms with Crippen LogP contribution in [0.1, 0.15) is 71.6 Å².